The van der Waals surface area contributed by atoms with Gasteiger partial charge in [-0.1, -0.05) is 33.8 Å². The van der Waals surface area contributed by atoms with Gasteiger partial charge >= 0.3 is 5.69 Å². The lowest BCUT2D eigenvalue weighted by molar-refractivity contribution is -0.383. The molecule has 0 aliphatic rings. The molecule has 1 atom stereocenters. The van der Waals surface area contributed by atoms with Crippen LogP contribution >= 0.6 is 0 Å². The highest BCUT2D eigenvalue weighted by Crippen LogP contribution is 2.38. The monoisotopic (exact) mass is 293 g/mol. The molecule has 1 aromatic rings. The molecule has 21 heavy (non-hydrogen) atoms. The Hall–Kier alpha value is -1.78. The third-order valence-electron chi connectivity index (χ3n) is 3.98. The van der Waals surface area contributed by atoms with Gasteiger partial charge in [0.1, 0.15) is 11.4 Å². The Kier molecular flexibility index (Phi) is 5.58. The largest absolute Gasteiger partial charge is 0.379 e. The summed E-state index contributed by atoms with van der Waals surface area (Å²) >= 11 is 0. The number of nitro groups is 1. The molecule has 0 aromatic heterocycles. The molecule has 0 saturated heterocycles. The summed E-state index contributed by atoms with van der Waals surface area (Å²) in [4.78, 5) is 13.2. The molecule has 0 aliphatic carbocycles. The lowest BCUT2D eigenvalue weighted by Crippen LogP contribution is -2.39. The fourth-order valence-corrected chi connectivity index (χ4v) is 2.20. The van der Waals surface area contributed by atoms with Crippen LogP contribution in [-0.4, -0.2) is 24.6 Å². The first-order chi connectivity index (χ1) is 9.70. The summed E-state index contributed by atoms with van der Waals surface area (Å²) < 4.78 is 0. The molecular weight excluding hydrogens is 266 g/mol. The fraction of sp³-hybridized carbons (Fsp3) is 0.625. The molecular formula is C16H27N3O2. The molecule has 1 unspecified atom stereocenters. The van der Waals surface area contributed by atoms with E-state index < -0.39 is 0 Å². The first-order valence-corrected chi connectivity index (χ1v) is 7.44. The summed E-state index contributed by atoms with van der Waals surface area (Å²) in [6.07, 6.45) is 0.926. The highest BCUT2D eigenvalue weighted by atomic mass is 16.6. The molecule has 0 radical (unpaired) electrons. The minimum atomic E-state index is -0.292. The second-order valence-electron chi connectivity index (χ2n) is 6.51. The molecule has 5 heteroatoms. The van der Waals surface area contributed by atoms with Gasteiger partial charge in [-0.25, -0.2) is 0 Å². The van der Waals surface area contributed by atoms with Crippen LogP contribution in [0.3, 0.4) is 0 Å². The molecule has 0 amide bonds. The maximum absolute atomic E-state index is 11.5. The van der Waals surface area contributed by atoms with Crippen LogP contribution in [0.4, 0.5) is 17.1 Å². The molecule has 1 rings (SSSR count). The minimum Gasteiger partial charge on any atom is -0.379 e. The second-order valence-corrected chi connectivity index (χ2v) is 6.51. The van der Waals surface area contributed by atoms with Gasteiger partial charge in [-0.05, 0) is 30.9 Å². The predicted octanol–water partition coefficient (Wildman–Crippen LogP) is 4.29. The van der Waals surface area contributed by atoms with E-state index in [0.717, 1.165) is 13.0 Å². The van der Waals surface area contributed by atoms with E-state index in [4.69, 9.17) is 0 Å². The molecule has 118 valence electrons. The minimum absolute atomic E-state index is 0.0372. The molecule has 0 aliphatic heterocycles. The van der Waals surface area contributed by atoms with Crippen molar-refractivity contribution in [3.05, 3.63) is 28.3 Å². The zero-order valence-electron chi connectivity index (χ0n) is 13.9. The number of hydrogen-bond acceptors (Lipinski definition) is 4. The number of nitrogens with one attached hydrogen (secondary N) is 1. The first-order valence-electron chi connectivity index (χ1n) is 7.44. The van der Waals surface area contributed by atoms with Crippen molar-refractivity contribution in [1.29, 1.82) is 0 Å². The number of para-hydroxylation sites is 1. The second kappa shape index (κ2) is 6.78. The smallest absolute Gasteiger partial charge is 0.315 e. The average molecular weight is 293 g/mol. The molecule has 1 N–H and O–H groups in total. The normalized spacial score (nSPS) is 12.9. The molecule has 0 heterocycles. The Morgan fingerprint density at radius 3 is 2.48 bits per heavy atom. The van der Waals surface area contributed by atoms with Gasteiger partial charge in [0.25, 0.3) is 0 Å². The van der Waals surface area contributed by atoms with Gasteiger partial charge in [0.2, 0.25) is 0 Å². The quantitative estimate of drug-likeness (QED) is 0.628. The van der Waals surface area contributed by atoms with E-state index in [1.54, 1.807) is 6.07 Å². The summed E-state index contributed by atoms with van der Waals surface area (Å²) in [6, 6.07) is 5.63. The third kappa shape index (κ3) is 4.09. The maximum Gasteiger partial charge on any atom is 0.315 e. The van der Waals surface area contributed by atoms with Crippen molar-refractivity contribution in [1.82, 2.24) is 0 Å². The average Bonchev–Trinajstić information content (AvgIpc) is 2.41. The first kappa shape index (κ1) is 17.3. The molecule has 0 spiro atoms. The van der Waals surface area contributed by atoms with Crippen molar-refractivity contribution in [2.75, 3.05) is 23.8 Å². The van der Waals surface area contributed by atoms with Crippen LogP contribution in [-0.2, 0) is 0 Å². The number of hydrogen-bond donors (Lipinski definition) is 1. The van der Waals surface area contributed by atoms with Gasteiger partial charge in [0.05, 0.1) is 4.92 Å². The summed E-state index contributed by atoms with van der Waals surface area (Å²) in [5.41, 5.74) is 1.44. The van der Waals surface area contributed by atoms with E-state index in [-0.39, 0.29) is 22.1 Å². The predicted molar refractivity (Wildman–Crippen MR) is 89.2 cm³/mol. The lowest BCUT2D eigenvalue weighted by Gasteiger charge is -2.36. The van der Waals surface area contributed by atoms with E-state index in [0.29, 0.717) is 11.4 Å². The van der Waals surface area contributed by atoms with Gasteiger partial charge in [-0.15, -0.1) is 0 Å². The number of benzene rings is 1. The van der Waals surface area contributed by atoms with Crippen molar-refractivity contribution in [3.8, 4) is 0 Å². The standard InChI is InChI=1S/C16H27N3O2/c1-7-11-17-13-9-8-10-14(15(13)19(20)21)18(6)12(2)16(3,4)5/h8-10,12,17H,7,11H2,1-6H3. The van der Waals surface area contributed by atoms with Crippen molar-refractivity contribution in [2.45, 2.75) is 47.1 Å². The zero-order chi connectivity index (χ0) is 16.2. The Labute approximate surface area is 127 Å². The van der Waals surface area contributed by atoms with Gasteiger partial charge in [-0.2, -0.15) is 0 Å². The lowest BCUT2D eigenvalue weighted by atomic mass is 9.87. The summed E-state index contributed by atoms with van der Waals surface area (Å²) in [5, 5.41) is 14.7. The molecule has 0 fully saturated rings. The van der Waals surface area contributed by atoms with Crippen molar-refractivity contribution in [2.24, 2.45) is 5.41 Å². The number of nitro benzene ring substituents is 1. The highest BCUT2D eigenvalue weighted by Gasteiger charge is 2.29. The van der Waals surface area contributed by atoms with E-state index >= 15 is 0 Å². The van der Waals surface area contributed by atoms with Crippen LogP contribution < -0.4 is 10.2 Å². The molecule has 0 saturated carbocycles. The van der Waals surface area contributed by atoms with E-state index in [1.807, 2.05) is 31.0 Å². The molecule has 5 nitrogen and oxygen atoms in total. The fourth-order valence-electron chi connectivity index (χ4n) is 2.20. The van der Waals surface area contributed by atoms with Crippen LogP contribution in [0.25, 0.3) is 0 Å². The van der Waals surface area contributed by atoms with Gasteiger partial charge in [0.15, 0.2) is 0 Å². The summed E-state index contributed by atoms with van der Waals surface area (Å²) in [5.74, 6) is 0. The number of nitrogens with zero attached hydrogens (tertiary/aromatic N) is 2. The highest BCUT2D eigenvalue weighted by molar-refractivity contribution is 5.77. The Balaban J connectivity index is 3.26. The van der Waals surface area contributed by atoms with Gasteiger partial charge in [0, 0.05) is 19.6 Å². The van der Waals surface area contributed by atoms with Crippen LogP contribution in [0.1, 0.15) is 41.0 Å². The Morgan fingerprint density at radius 1 is 1.38 bits per heavy atom. The maximum atomic E-state index is 11.5. The SMILES string of the molecule is CCCNc1cccc(N(C)C(C)C(C)(C)C)c1[N+](=O)[O-]. The van der Waals surface area contributed by atoms with E-state index in [1.165, 1.54) is 0 Å². The van der Waals surface area contributed by atoms with Gasteiger partial charge < -0.3 is 10.2 Å². The van der Waals surface area contributed by atoms with Crippen LogP contribution in [0.15, 0.2) is 18.2 Å². The number of rotatable bonds is 6. The van der Waals surface area contributed by atoms with Crippen LogP contribution in [0.2, 0.25) is 0 Å². The van der Waals surface area contributed by atoms with Gasteiger partial charge in [-0.3, -0.25) is 10.1 Å². The topological polar surface area (TPSA) is 58.4 Å². The van der Waals surface area contributed by atoms with Crippen molar-refractivity contribution in [3.63, 3.8) is 0 Å². The molecule has 0 bridgehead atoms. The third-order valence-corrected chi connectivity index (χ3v) is 3.98. The van der Waals surface area contributed by atoms with Crippen LogP contribution in [0.5, 0.6) is 0 Å². The summed E-state index contributed by atoms with van der Waals surface area (Å²) in [7, 11) is 1.92. The van der Waals surface area contributed by atoms with E-state index in [2.05, 4.69) is 33.0 Å². The van der Waals surface area contributed by atoms with Crippen molar-refractivity contribution < 1.29 is 4.92 Å². The van der Waals surface area contributed by atoms with Crippen LogP contribution in [0, 0.1) is 15.5 Å². The van der Waals surface area contributed by atoms with Crippen molar-refractivity contribution >= 4 is 17.1 Å². The number of anilines is 2. The zero-order valence-corrected chi connectivity index (χ0v) is 13.9. The summed E-state index contributed by atoms with van der Waals surface area (Å²) in [6.45, 7) is 11.3. The van der Waals surface area contributed by atoms with E-state index in [9.17, 15) is 10.1 Å². The Bertz CT molecular complexity index is 495. The molecule has 1 aromatic carbocycles. The Morgan fingerprint density at radius 2 is 2.00 bits per heavy atom.